The molecule has 0 fully saturated rings. The van der Waals surface area contributed by atoms with Gasteiger partial charge in [0.1, 0.15) is 17.5 Å². The van der Waals surface area contributed by atoms with Gasteiger partial charge in [0.05, 0.1) is 0 Å². The lowest BCUT2D eigenvalue weighted by Gasteiger charge is -2.12. The Kier molecular flexibility index (Phi) is 5.39. The number of halogens is 1. The van der Waals surface area contributed by atoms with Crippen LogP contribution in [0.4, 0.5) is 11.6 Å². The molecule has 0 unspecified atom stereocenters. The van der Waals surface area contributed by atoms with Crippen molar-refractivity contribution in [1.29, 1.82) is 0 Å². The lowest BCUT2D eigenvalue weighted by Crippen LogP contribution is -2.13. The fourth-order valence-electron chi connectivity index (χ4n) is 2.01. The van der Waals surface area contributed by atoms with Gasteiger partial charge in [-0.15, -0.1) is 0 Å². The van der Waals surface area contributed by atoms with E-state index in [4.69, 9.17) is 11.6 Å². The zero-order valence-corrected chi connectivity index (χ0v) is 13.4. The second-order valence-electron chi connectivity index (χ2n) is 5.29. The Morgan fingerprint density at radius 1 is 1.10 bits per heavy atom. The first-order valence-corrected chi connectivity index (χ1v) is 7.51. The Labute approximate surface area is 131 Å². The van der Waals surface area contributed by atoms with Crippen LogP contribution in [0.15, 0.2) is 30.3 Å². The number of nitrogens with zero attached hydrogens (tertiary/aromatic N) is 2. The summed E-state index contributed by atoms with van der Waals surface area (Å²) in [4.78, 5) is 8.78. The van der Waals surface area contributed by atoms with Crippen molar-refractivity contribution in [2.24, 2.45) is 0 Å². The molecule has 0 atom stereocenters. The Morgan fingerprint density at radius 2 is 1.76 bits per heavy atom. The molecule has 1 aromatic carbocycles. The summed E-state index contributed by atoms with van der Waals surface area (Å²) >= 11 is 5.88. The second-order valence-corrected chi connectivity index (χ2v) is 5.72. The molecule has 0 aliphatic rings. The van der Waals surface area contributed by atoms with Gasteiger partial charge >= 0.3 is 0 Å². The predicted octanol–water partition coefficient (Wildman–Crippen LogP) is 3.91. The molecule has 0 aliphatic heterocycles. The number of anilines is 2. The average Bonchev–Trinajstić information content (AvgIpc) is 2.39. The maximum atomic E-state index is 5.88. The van der Waals surface area contributed by atoms with Crippen LogP contribution >= 0.6 is 11.6 Å². The van der Waals surface area contributed by atoms with Gasteiger partial charge in [-0.05, 0) is 44.9 Å². The van der Waals surface area contributed by atoms with Crippen LogP contribution in [-0.4, -0.2) is 22.6 Å². The van der Waals surface area contributed by atoms with E-state index in [1.807, 2.05) is 37.3 Å². The molecule has 112 valence electrons. The highest BCUT2D eigenvalue weighted by atomic mass is 35.5. The third-order valence-electron chi connectivity index (χ3n) is 2.91. The van der Waals surface area contributed by atoms with Gasteiger partial charge in [-0.3, -0.25) is 0 Å². The van der Waals surface area contributed by atoms with Crippen LogP contribution in [0.5, 0.6) is 0 Å². The summed E-state index contributed by atoms with van der Waals surface area (Å²) in [6.45, 7) is 6.89. The number of nitrogens with one attached hydrogen (secondary N) is 2. The molecule has 0 saturated carbocycles. The monoisotopic (exact) mass is 304 g/mol. The van der Waals surface area contributed by atoms with E-state index >= 15 is 0 Å². The molecule has 0 aliphatic carbocycles. The minimum Gasteiger partial charge on any atom is -0.370 e. The number of hydrogen-bond acceptors (Lipinski definition) is 4. The fourth-order valence-corrected chi connectivity index (χ4v) is 2.14. The highest BCUT2D eigenvalue weighted by Gasteiger charge is 2.03. The molecule has 4 nitrogen and oxygen atoms in total. The van der Waals surface area contributed by atoms with Gasteiger partial charge < -0.3 is 10.6 Å². The third kappa shape index (κ3) is 5.23. The van der Waals surface area contributed by atoms with E-state index in [0.717, 1.165) is 35.4 Å². The van der Waals surface area contributed by atoms with Crippen molar-refractivity contribution in [1.82, 2.24) is 9.97 Å². The summed E-state index contributed by atoms with van der Waals surface area (Å²) in [6.07, 6.45) is 0.924. The fraction of sp³-hybridized carbons (Fsp3) is 0.375. The van der Waals surface area contributed by atoms with Gasteiger partial charge in [-0.25, -0.2) is 9.97 Å². The van der Waals surface area contributed by atoms with E-state index in [0.29, 0.717) is 6.04 Å². The largest absolute Gasteiger partial charge is 0.370 e. The highest BCUT2D eigenvalue weighted by Crippen LogP contribution is 2.13. The topological polar surface area (TPSA) is 49.8 Å². The Bertz CT molecular complexity index is 581. The maximum absolute atomic E-state index is 5.88. The normalized spacial score (nSPS) is 10.7. The van der Waals surface area contributed by atoms with Crippen LogP contribution in [0.2, 0.25) is 5.02 Å². The molecule has 1 aromatic heterocycles. The standard InChI is InChI=1S/C16H21ClN4/c1-11(2)19-16-10-15(20-12(3)21-16)18-9-8-13-4-6-14(17)7-5-13/h4-7,10-11H,8-9H2,1-3H3,(H2,18,19,20,21). The van der Waals surface area contributed by atoms with Crippen molar-refractivity contribution in [3.05, 3.63) is 46.7 Å². The quantitative estimate of drug-likeness (QED) is 0.849. The van der Waals surface area contributed by atoms with Gasteiger partial charge in [0.2, 0.25) is 0 Å². The van der Waals surface area contributed by atoms with Crippen molar-refractivity contribution < 1.29 is 0 Å². The van der Waals surface area contributed by atoms with Crippen molar-refractivity contribution in [3.63, 3.8) is 0 Å². The molecule has 0 bridgehead atoms. The zero-order chi connectivity index (χ0) is 15.2. The van der Waals surface area contributed by atoms with E-state index in [-0.39, 0.29) is 0 Å². The molecule has 1 heterocycles. The molecule has 2 aromatic rings. The summed E-state index contributed by atoms with van der Waals surface area (Å²) in [5.74, 6) is 2.46. The molecule has 2 N–H and O–H groups in total. The van der Waals surface area contributed by atoms with E-state index in [1.54, 1.807) is 0 Å². The van der Waals surface area contributed by atoms with Crippen molar-refractivity contribution in [2.45, 2.75) is 33.2 Å². The van der Waals surface area contributed by atoms with Gasteiger partial charge in [0.15, 0.2) is 0 Å². The zero-order valence-electron chi connectivity index (χ0n) is 12.7. The van der Waals surface area contributed by atoms with E-state index in [1.165, 1.54) is 5.56 Å². The van der Waals surface area contributed by atoms with Gasteiger partial charge in [-0.2, -0.15) is 0 Å². The van der Waals surface area contributed by atoms with Crippen LogP contribution in [0.25, 0.3) is 0 Å². The van der Waals surface area contributed by atoms with Crippen LogP contribution in [-0.2, 0) is 6.42 Å². The van der Waals surface area contributed by atoms with Gasteiger partial charge in [0.25, 0.3) is 0 Å². The summed E-state index contributed by atoms with van der Waals surface area (Å²) in [5, 5.41) is 7.40. The average molecular weight is 305 g/mol. The van der Waals surface area contributed by atoms with E-state index in [9.17, 15) is 0 Å². The summed E-state index contributed by atoms with van der Waals surface area (Å²) in [5.41, 5.74) is 1.25. The molecule has 21 heavy (non-hydrogen) atoms. The van der Waals surface area contributed by atoms with E-state index in [2.05, 4.69) is 34.4 Å². The van der Waals surface area contributed by atoms with Gasteiger partial charge in [0, 0.05) is 23.7 Å². The number of aromatic nitrogens is 2. The Hall–Kier alpha value is -1.81. The number of aryl methyl sites for hydroxylation is 1. The number of rotatable bonds is 6. The summed E-state index contributed by atoms with van der Waals surface area (Å²) in [7, 11) is 0. The van der Waals surface area contributed by atoms with Crippen molar-refractivity contribution in [2.75, 3.05) is 17.2 Å². The first kappa shape index (κ1) is 15.6. The van der Waals surface area contributed by atoms with Crippen molar-refractivity contribution in [3.8, 4) is 0 Å². The van der Waals surface area contributed by atoms with Crippen LogP contribution in [0.1, 0.15) is 25.2 Å². The lowest BCUT2D eigenvalue weighted by atomic mass is 10.1. The maximum Gasteiger partial charge on any atom is 0.131 e. The molecular weight excluding hydrogens is 284 g/mol. The summed E-state index contributed by atoms with van der Waals surface area (Å²) < 4.78 is 0. The SMILES string of the molecule is Cc1nc(NCCc2ccc(Cl)cc2)cc(NC(C)C)n1. The molecule has 0 amide bonds. The smallest absolute Gasteiger partial charge is 0.131 e. The first-order chi connectivity index (χ1) is 10.0. The Balaban J connectivity index is 1.93. The number of benzene rings is 1. The number of hydrogen-bond donors (Lipinski definition) is 2. The van der Waals surface area contributed by atoms with Crippen LogP contribution in [0.3, 0.4) is 0 Å². The second kappa shape index (κ2) is 7.27. The lowest BCUT2D eigenvalue weighted by molar-refractivity contribution is 0.879. The molecule has 5 heteroatoms. The minimum atomic E-state index is 0.348. The Morgan fingerprint density at radius 3 is 2.43 bits per heavy atom. The first-order valence-electron chi connectivity index (χ1n) is 7.13. The minimum absolute atomic E-state index is 0.348. The molecule has 0 spiro atoms. The highest BCUT2D eigenvalue weighted by molar-refractivity contribution is 6.30. The van der Waals surface area contributed by atoms with Crippen LogP contribution in [0, 0.1) is 6.92 Å². The molecule has 2 rings (SSSR count). The van der Waals surface area contributed by atoms with E-state index < -0.39 is 0 Å². The van der Waals surface area contributed by atoms with Gasteiger partial charge in [-0.1, -0.05) is 23.7 Å². The molecular formula is C16H21ClN4. The van der Waals surface area contributed by atoms with Crippen LogP contribution < -0.4 is 10.6 Å². The molecule has 0 saturated heterocycles. The van der Waals surface area contributed by atoms with Crippen molar-refractivity contribution >= 4 is 23.2 Å². The predicted molar refractivity (Wildman–Crippen MR) is 89.2 cm³/mol. The summed E-state index contributed by atoms with van der Waals surface area (Å²) in [6, 6.07) is 10.2. The molecule has 0 radical (unpaired) electrons. The third-order valence-corrected chi connectivity index (χ3v) is 3.16.